The number of nitrogens with one attached hydrogen (secondary N) is 2. The highest BCUT2D eigenvalue weighted by atomic mass is 35.5. The van der Waals surface area contributed by atoms with Crippen molar-refractivity contribution < 1.29 is 29.1 Å². The molecule has 238 valence electrons. The number of aryl methyl sites for hydroxylation is 1. The number of halogens is 1. The van der Waals surface area contributed by atoms with Gasteiger partial charge in [0, 0.05) is 34.8 Å². The quantitative estimate of drug-likeness (QED) is 0.127. The number of ether oxygens (including phenoxy) is 2. The van der Waals surface area contributed by atoms with Crippen LogP contribution in [-0.2, 0) is 9.53 Å². The van der Waals surface area contributed by atoms with E-state index in [9.17, 15) is 19.6 Å². The van der Waals surface area contributed by atoms with Gasteiger partial charge in [-0.15, -0.1) is 10.2 Å². The fourth-order valence-electron chi connectivity index (χ4n) is 5.08. The number of carbonyl (C=O) groups is 2. The number of rotatable bonds is 13. The van der Waals surface area contributed by atoms with Crippen LogP contribution >= 0.6 is 11.6 Å². The van der Waals surface area contributed by atoms with Crippen LogP contribution in [0.1, 0.15) is 52.5 Å². The van der Waals surface area contributed by atoms with Gasteiger partial charge >= 0.3 is 7.12 Å². The molecule has 2 heterocycles. The molecular weight excluding hydrogens is 611 g/mol. The van der Waals surface area contributed by atoms with E-state index in [-0.39, 0.29) is 50.1 Å². The molecule has 0 fully saturated rings. The first-order chi connectivity index (χ1) is 22.2. The van der Waals surface area contributed by atoms with Crippen molar-refractivity contribution in [2.24, 2.45) is 4.99 Å². The zero-order valence-corrected chi connectivity index (χ0v) is 26.2. The number of carbonyl (C=O) groups excluding carboxylic acids is 2. The van der Waals surface area contributed by atoms with Crippen molar-refractivity contribution in [3.63, 3.8) is 0 Å². The number of amides is 2. The minimum Gasteiger partial charge on any atom is -0.491 e. The Balaban J connectivity index is 1.27. The summed E-state index contributed by atoms with van der Waals surface area (Å²) >= 11 is 6.19. The summed E-state index contributed by atoms with van der Waals surface area (Å²) in [5, 5.41) is 33.5. The third kappa shape index (κ3) is 7.80. The van der Waals surface area contributed by atoms with Gasteiger partial charge in [0.1, 0.15) is 24.2 Å². The second-order valence-corrected chi connectivity index (χ2v) is 10.9. The standard InChI is InChI=1S/C32H34BClN6O6/c1-3-35-29(41)19-27-31-39-38-20(2)40(31)28-12-11-25(18-26(28)30(37-27)21-7-9-24(34)10-8-21)46-16-15-45-14-13-36-32(42)22-5-4-6-23(17-22)33(43)44/h4-12,17-18,27,43-44H,3,13-16,19H2,1-2H3,(H,35,41)(H,36,42)/t27-/m0/s1. The van der Waals surface area contributed by atoms with Gasteiger partial charge in [-0.2, -0.15) is 0 Å². The largest absolute Gasteiger partial charge is 0.491 e. The monoisotopic (exact) mass is 644 g/mol. The molecule has 0 aliphatic carbocycles. The molecule has 1 aliphatic rings. The van der Waals surface area contributed by atoms with Crippen molar-refractivity contribution in [1.82, 2.24) is 25.4 Å². The zero-order valence-electron chi connectivity index (χ0n) is 25.4. The van der Waals surface area contributed by atoms with Crippen molar-refractivity contribution in [2.75, 3.05) is 32.9 Å². The number of hydrogen-bond donors (Lipinski definition) is 4. The molecule has 5 rings (SSSR count). The molecule has 46 heavy (non-hydrogen) atoms. The highest BCUT2D eigenvalue weighted by molar-refractivity contribution is 6.58. The zero-order chi connectivity index (χ0) is 32.6. The molecule has 14 heteroatoms. The predicted octanol–water partition coefficient (Wildman–Crippen LogP) is 2.15. The van der Waals surface area contributed by atoms with E-state index in [4.69, 9.17) is 26.1 Å². The number of aromatic nitrogens is 3. The summed E-state index contributed by atoms with van der Waals surface area (Å²) in [6, 6.07) is 18.6. The molecule has 0 saturated carbocycles. The van der Waals surface area contributed by atoms with Crippen molar-refractivity contribution in [2.45, 2.75) is 26.3 Å². The number of nitrogens with zero attached hydrogens (tertiary/aromatic N) is 4. The molecule has 12 nitrogen and oxygen atoms in total. The van der Waals surface area contributed by atoms with Crippen LogP contribution in [0.4, 0.5) is 0 Å². The molecular formula is C32H34BClN6O6. The van der Waals surface area contributed by atoms with E-state index in [1.807, 2.05) is 48.7 Å². The maximum absolute atomic E-state index is 12.7. The van der Waals surface area contributed by atoms with Crippen LogP contribution in [0.15, 0.2) is 71.7 Å². The Bertz CT molecular complexity index is 1730. The lowest BCUT2D eigenvalue weighted by Crippen LogP contribution is -2.32. The molecule has 2 amide bonds. The maximum atomic E-state index is 12.7. The van der Waals surface area contributed by atoms with Gasteiger partial charge in [-0.25, -0.2) is 0 Å². The predicted molar refractivity (Wildman–Crippen MR) is 174 cm³/mol. The van der Waals surface area contributed by atoms with Crippen LogP contribution in [0.2, 0.25) is 5.02 Å². The van der Waals surface area contributed by atoms with Gasteiger partial charge in [-0.1, -0.05) is 35.9 Å². The molecule has 1 aliphatic heterocycles. The normalized spacial score (nSPS) is 13.6. The summed E-state index contributed by atoms with van der Waals surface area (Å²) in [4.78, 5) is 30.1. The molecule has 1 aromatic heterocycles. The van der Waals surface area contributed by atoms with Gasteiger partial charge in [0.25, 0.3) is 5.91 Å². The Labute approximate surface area is 271 Å². The number of benzene rings is 3. The minimum atomic E-state index is -1.65. The van der Waals surface area contributed by atoms with E-state index < -0.39 is 13.2 Å². The topological polar surface area (TPSA) is 160 Å². The first-order valence-corrected chi connectivity index (χ1v) is 15.2. The van der Waals surface area contributed by atoms with Crippen molar-refractivity contribution in [1.29, 1.82) is 0 Å². The minimum absolute atomic E-state index is 0.108. The summed E-state index contributed by atoms with van der Waals surface area (Å²) in [5.74, 6) is 1.35. The maximum Gasteiger partial charge on any atom is 0.488 e. The lowest BCUT2D eigenvalue weighted by atomic mass is 9.79. The van der Waals surface area contributed by atoms with Crippen LogP contribution in [0.5, 0.6) is 5.75 Å². The molecule has 0 spiro atoms. The van der Waals surface area contributed by atoms with Crippen LogP contribution in [0, 0.1) is 6.92 Å². The molecule has 0 saturated heterocycles. The Morgan fingerprint density at radius 3 is 2.57 bits per heavy atom. The van der Waals surface area contributed by atoms with Crippen molar-refractivity contribution >= 4 is 41.7 Å². The molecule has 0 bridgehead atoms. The Morgan fingerprint density at radius 1 is 1.00 bits per heavy atom. The van der Waals surface area contributed by atoms with Crippen molar-refractivity contribution in [3.8, 4) is 11.4 Å². The van der Waals surface area contributed by atoms with Crippen LogP contribution in [-0.4, -0.2) is 82.4 Å². The highest BCUT2D eigenvalue weighted by Gasteiger charge is 2.30. The van der Waals surface area contributed by atoms with Gasteiger partial charge in [-0.05, 0) is 61.8 Å². The van der Waals surface area contributed by atoms with Gasteiger partial charge in [0.2, 0.25) is 5.91 Å². The molecule has 1 atom stereocenters. The number of hydrogen-bond acceptors (Lipinski definition) is 9. The van der Waals surface area contributed by atoms with Gasteiger partial charge in [-0.3, -0.25) is 19.1 Å². The Morgan fingerprint density at radius 2 is 1.80 bits per heavy atom. The van der Waals surface area contributed by atoms with Crippen LogP contribution < -0.4 is 20.8 Å². The summed E-state index contributed by atoms with van der Waals surface area (Å²) in [7, 11) is -1.65. The summed E-state index contributed by atoms with van der Waals surface area (Å²) < 4.78 is 13.6. The molecule has 0 unspecified atom stereocenters. The Hall–Kier alpha value is -4.56. The van der Waals surface area contributed by atoms with Gasteiger partial charge < -0.3 is 30.2 Å². The molecule has 0 radical (unpaired) electrons. The summed E-state index contributed by atoms with van der Waals surface area (Å²) in [6.07, 6.45) is 0.108. The second kappa shape index (κ2) is 15.2. The summed E-state index contributed by atoms with van der Waals surface area (Å²) in [6.45, 7) is 5.30. The summed E-state index contributed by atoms with van der Waals surface area (Å²) in [5.41, 5.74) is 3.64. The van der Waals surface area contributed by atoms with E-state index in [0.717, 1.165) is 16.8 Å². The fraction of sp³-hybridized carbons (Fsp3) is 0.281. The lowest BCUT2D eigenvalue weighted by Gasteiger charge is -2.15. The smallest absolute Gasteiger partial charge is 0.488 e. The van der Waals surface area contributed by atoms with Crippen molar-refractivity contribution in [3.05, 3.63) is 100 Å². The number of aliphatic imine (C=N–C) groups is 1. The fourth-order valence-corrected chi connectivity index (χ4v) is 5.21. The second-order valence-electron chi connectivity index (χ2n) is 10.5. The highest BCUT2D eigenvalue weighted by Crippen LogP contribution is 2.34. The molecule has 3 aromatic carbocycles. The Kier molecular flexibility index (Phi) is 10.8. The van der Waals surface area contributed by atoms with E-state index in [1.165, 1.54) is 12.1 Å². The van der Waals surface area contributed by atoms with E-state index in [2.05, 4.69) is 20.8 Å². The lowest BCUT2D eigenvalue weighted by molar-refractivity contribution is -0.121. The van der Waals surface area contributed by atoms with E-state index in [1.54, 1.807) is 24.3 Å². The number of fused-ring (bicyclic) bond motifs is 3. The molecule has 4 N–H and O–H groups in total. The van der Waals surface area contributed by atoms with Gasteiger partial charge in [0.15, 0.2) is 5.82 Å². The molecule has 4 aromatic rings. The van der Waals surface area contributed by atoms with E-state index >= 15 is 0 Å². The third-order valence-corrected chi connectivity index (χ3v) is 7.49. The van der Waals surface area contributed by atoms with Gasteiger partial charge in [0.05, 0.1) is 31.0 Å². The average molecular weight is 645 g/mol. The average Bonchev–Trinajstić information content (AvgIpc) is 3.37. The first kappa shape index (κ1) is 32.8. The SMILES string of the molecule is CCNC(=O)C[C@@H]1N=C(c2ccc(Cl)cc2)c2cc(OCCOCCNC(=O)c3cccc(B(O)O)c3)ccc2-n2c(C)nnc21. The first-order valence-electron chi connectivity index (χ1n) is 14.9. The third-order valence-electron chi connectivity index (χ3n) is 7.24. The van der Waals surface area contributed by atoms with Crippen LogP contribution in [0.3, 0.4) is 0 Å². The van der Waals surface area contributed by atoms with E-state index in [0.29, 0.717) is 40.2 Å². The van der Waals surface area contributed by atoms with Crippen LogP contribution in [0.25, 0.3) is 5.69 Å².